The fourth-order valence-corrected chi connectivity index (χ4v) is 0. The Morgan fingerprint density at radius 1 is 0.619 bits per heavy atom. The second kappa shape index (κ2) is 38.3. The SMILES string of the molecule is Cl.O=C(O)O.O=P(O)(O)O.O=P(O)(O)O.[CaH2].[CaH2].[CaH2].[CaH2].[CaH2].[KH]. The van der Waals surface area contributed by atoms with E-state index in [-0.39, 0.29) is 252 Å². The van der Waals surface area contributed by atoms with Gasteiger partial charge in [-0.3, -0.25) is 0 Å². The summed E-state index contributed by atoms with van der Waals surface area (Å²) in [5, 5.41) is 13.9. The summed E-state index contributed by atoms with van der Waals surface area (Å²) in [7, 11) is -9.28. The second-order valence-corrected chi connectivity index (χ2v) is 3.36. The Morgan fingerprint density at radius 2 is 0.619 bits per heavy atom. The van der Waals surface area contributed by atoms with Crippen molar-refractivity contribution < 1.29 is 53.5 Å². The molecule has 21 heavy (non-hydrogen) atoms. The first-order valence-corrected chi connectivity index (χ1v) is 5.35. The standard InChI is InChI=1S/CH2O3.5Ca.ClH.K.2H3O4P.11H/c2-1(3)4;;;;;;;;2*1-5(2,3)4;;;;;;;;;;;/h(H2,2,3,4);;;;;;1H;;2*(H3,1,2,3,4);;;;;;;;;;;. The van der Waals surface area contributed by atoms with E-state index in [1.807, 2.05) is 0 Å². The third kappa shape index (κ3) is 308. The molecule has 0 aromatic heterocycles. The van der Waals surface area contributed by atoms with E-state index in [1.54, 1.807) is 0 Å². The second-order valence-electron chi connectivity index (χ2n) is 1.31. The van der Waals surface area contributed by atoms with Crippen molar-refractivity contribution in [2.45, 2.75) is 0 Å². The van der Waals surface area contributed by atoms with Crippen LogP contribution in [-0.2, 0) is 9.13 Å². The normalized spacial score (nSPS) is 6.76. The molecule has 0 rings (SSSR count). The van der Waals surface area contributed by atoms with Gasteiger partial charge in [0.05, 0.1) is 0 Å². The summed E-state index contributed by atoms with van der Waals surface area (Å²) in [6.07, 6.45) is -1.83. The molecule has 0 spiro atoms. The number of carbonyl (C=O) groups is 1. The molecule has 8 N–H and O–H groups in total. The van der Waals surface area contributed by atoms with Gasteiger partial charge in [0.25, 0.3) is 0 Å². The molecule has 0 unspecified atom stereocenters. The van der Waals surface area contributed by atoms with E-state index in [4.69, 9.17) is 53.5 Å². The van der Waals surface area contributed by atoms with Crippen LogP contribution in [0.1, 0.15) is 0 Å². The van der Waals surface area contributed by atoms with Gasteiger partial charge in [0.15, 0.2) is 0 Å². The first-order chi connectivity index (χ1) is 5.73. The molecule has 11 nitrogen and oxygen atoms in total. The molecule has 0 radical (unpaired) electrons. The van der Waals surface area contributed by atoms with Crippen LogP contribution in [0.2, 0.25) is 0 Å². The Bertz CT molecular complexity index is 216. The van der Waals surface area contributed by atoms with Crippen molar-refractivity contribution in [2.75, 3.05) is 0 Å². The monoisotopic (exact) mass is 544 g/mol. The molecule has 20 heteroatoms. The maximum atomic E-state index is 8.88. The average molecular weight is 545 g/mol. The van der Waals surface area contributed by atoms with Crippen molar-refractivity contribution in [2.24, 2.45) is 0 Å². The van der Waals surface area contributed by atoms with E-state index >= 15 is 0 Å². The number of phosphoric acid groups is 2. The first kappa shape index (κ1) is 63.0. The van der Waals surface area contributed by atoms with Gasteiger partial charge in [-0.1, -0.05) is 0 Å². The molecule has 0 saturated heterocycles. The van der Waals surface area contributed by atoms with Crippen molar-refractivity contribution in [3.63, 3.8) is 0 Å². The van der Waals surface area contributed by atoms with Crippen LogP contribution in [0.3, 0.4) is 0 Å². The molecule has 118 valence electrons. The Kier molecular flexibility index (Phi) is 115. The summed E-state index contributed by atoms with van der Waals surface area (Å²) in [6, 6.07) is 0. The van der Waals surface area contributed by atoms with Crippen LogP contribution < -0.4 is 0 Å². The van der Waals surface area contributed by atoms with Crippen LogP contribution in [0.5, 0.6) is 0 Å². The van der Waals surface area contributed by atoms with Crippen molar-refractivity contribution in [1.82, 2.24) is 0 Å². The summed E-state index contributed by atoms with van der Waals surface area (Å²) in [5.41, 5.74) is 0. The first-order valence-electron chi connectivity index (χ1n) is 2.22. The molecular formula is CH20Ca5ClKO11P2. The zero-order valence-electron chi connectivity index (χ0n) is 6.61. The van der Waals surface area contributed by atoms with Crippen LogP contribution in [0.25, 0.3) is 0 Å². The minimum absolute atomic E-state index is 0. The van der Waals surface area contributed by atoms with Crippen LogP contribution in [0.4, 0.5) is 4.79 Å². The summed E-state index contributed by atoms with van der Waals surface area (Å²) in [6.45, 7) is 0. The Morgan fingerprint density at radius 3 is 0.619 bits per heavy atom. The Labute approximate surface area is 318 Å². The molecule has 0 aromatic carbocycles. The van der Waals surface area contributed by atoms with Gasteiger partial charge in [0.2, 0.25) is 0 Å². The van der Waals surface area contributed by atoms with Crippen LogP contribution in [0.15, 0.2) is 0 Å². The van der Waals surface area contributed by atoms with E-state index in [2.05, 4.69) is 0 Å². The van der Waals surface area contributed by atoms with Gasteiger partial charge < -0.3 is 39.6 Å². The van der Waals surface area contributed by atoms with Crippen molar-refractivity contribution in [3.05, 3.63) is 0 Å². The number of halogens is 1. The molecular weight excluding hydrogens is 525 g/mol. The molecule has 0 aliphatic rings. The number of carboxylic acid groups (broad SMARTS) is 2. The quantitative estimate of drug-likeness (QED) is 0.106. The minimum atomic E-state index is -4.64. The van der Waals surface area contributed by atoms with Gasteiger partial charge in [0, 0.05) is 0 Å². The molecule has 0 fully saturated rings. The Balaban J connectivity index is -0.00000000930. The van der Waals surface area contributed by atoms with E-state index in [0.29, 0.717) is 0 Å². The molecule has 0 bridgehead atoms. The molecule has 0 aromatic rings. The number of hydrogen-bond donors (Lipinski definition) is 8. The van der Waals surface area contributed by atoms with Gasteiger partial charge in [-0.25, -0.2) is 13.9 Å². The molecule has 0 atom stereocenters. The molecule has 0 saturated carbocycles. The fourth-order valence-electron chi connectivity index (χ4n) is 0. The van der Waals surface area contributed by atoms with Crippen LogP contribution >= 0.6 is 28.1 Å². The fraction of sp³-hybridized carbons (Fsp3) is 0. The van der Waals surface area contributed by atoms with Gasteiger partial charge in [-0.05, 0) is 0 Å². The summed E-state index contributed by atoms with van der Waals surface area (Å²) in [4.78, 5) is 51.7. The van der Waals surface area contributed by atoms with E-state index < -0.39 is 21.8 Å². The van der Waals surface area contributed by atoms with E-state index in [1.165, 1.54) is 0 Å². The average Bonchev–Trinajstić information content (AvgIpc) is 1.45. The Hall–Kier alpha value is 7.72. The zero-order chi connectivity index (χ0) is 12.6. The third-order valence-corrected chi connectivity index (χ3v) is 0. The topological polar surface area (TPSA) is 213 Å². The van der Waals surface area contributed by atoms with Crippen LogP contribution in [0, 0.1) is 0 Å². The maximum absolute atomic E-state index is 8.88. The number of rotatable bonds is 0. The van der Waals surface area contributed by atoms with Gasteiger partial charge >= 0.3 is 262 Å². The van der Waals surface area contributed by atoms with Gasteiger partial charge in [0.1, 0.15) is 0 Å². The molecule has 0 heterocycles. The van der Waals surface area contributed by atoms with Crippen LogP contribution in [-0.4, -0.2) is 286 Å². The summed E-state index contributed by atoms with van der Waals surface area (Å²) >= 11 is 0. The predicted octanol–water partition coefficient (Wildman–Crippen LogP) is -6.44. The van der Waals surface area contributed by atoms with Crippen molar-refractivity contribution >= 4 is 274 Å². The zero-order valence-corrected chi connectivity index (χ0v) is 9.21. The summed E-state index contributed by atoms with van der Waals surface area (Å²) < 4.78 is 17.8. The molecule has 0 amide bonds. The van der Waals surface area contributed by atoms with Gasteiger partial charge in [-0.2, -0.15) is 0 Å². The van der Waals surface area contributed by atoms with E-state index in [9.17, 15) is 0 Å². The predicted molar refractivity (Wildman–Crippen MR) is 96.3 cm³/mol. The third-order valence-electron chi connectivity index (χ3n) is 0. The molecule has 0 aliphatic carbocycles. The summed E-state index contributed by atoms with van der Waals surface area (Å²) in [5.74, 6) is 0. The van der Waals surface area contributed by atoms with E-state index in [0.717, 1.165) is 0 Å². The molecule has 0 aliphatic heterocycles. The van der Waals surface area contributed by atoms with Crippen molar-refractivity contribution in [1.29, 1.82) is 0 Å². The number of hydrogen-bond acceptors (Lipinski definition) is 3. The van der Waals surface area contributed by atoms with Crippen molar-refractivity contribution in [3.8, 4) is 0 Å². The van der Waals surface area contributed by atoms with Gasteiger partial charge in [-0.15, -0.1) is 12.4 Å².